The van der Waals surface area contributed by atoms with Crippen LogP contribution >= 0.6 is 11.3 Å². The molecule has 2 aromatic rings. The van der Waals surface area contributed by atoms with E-state index in [0.717, 1.165) is 21.0 Å². The van der Waals surface area contributed by atoms with Crippen molar-refractivity contribution in [1.29, 1.82) is 0 Å². The zero-order valence-corrected chi connectivity index (χ0v) is 24.6. The van der Waals surface area contributed by atoms with E-state index in [-0.39, 0.29) is 18.1 Å². The molecular weight excluding hydrogens is 516 g/mol. The van der Waals surface area contributed by atoms with Gasteiger partial charge in [0.1, 0.15) is 23.8 Å². The smallest absolute Gasteiger partial charge is 0.309 e. The Hall–Kier alpha value is -2.88. The molecule has 0 aliphatic carbocycles. The summed E-state index contributed by atoms with van der Waals surface area (Å²) in [6, 6.07) is 0. The number of oxazole rings is 1. The largest absolute Gasteiger partial charge is 0.457 e. The second kappa shape index (κ2) is 13.0. The van der Waals surface area contributed by atoms with Crippen LogP contribution in [-0.4, -0.2) is 50.2 Å². The van der Waals surface area contributed by atoms with Crippen molar-refractivity contribution in [3.8, 4) is 10.6 Å². The summed E-state index contributed by atoms with van der Waals surface area (Å²) in [5, 5.41) is 22.6. The van der Waals surface area contributed by atoms with Gasteiger partial charge in [0.15, 0.2) is 6.39 Å². The maximum absolute atomic E-state index is 13.3. The Morgan fingerprint density at radius 2 is 1.90 bits per heavy atom. The molecule has 3 rings (SSSR count). The molecule has 2 aromatic heterocycles. The van der Waals surface area contributed by atoms with Gasteiger partial charge in [0.2, 0.25) is 0 Å². The summed E-state index contributed by atoms with van der Waals surface area (Å²) in [5.74, 6) is -1.75. The number of thiazole rings is 1. The zero-order valence-electron chi connectivity index (χ0n) is 23.8. The van der Waals surface area contributed by atoms with Crippen LogP contribution in [0.5, 0.6) is 0 Å². The van der Waals surface area contributed by atoms with Gasteiger partial charge in [-0.1, -0.05) is 51.5 Å². The van der Waals surface area contributed by atoms with Gasteiger partial charge in [-0.05, 0) is 44.8 Å². The van der Waals surface area contributed by atoms with Gasteiger partial charge in [0.25, 0.3) is 0 Å². The van der Waals surface area contributed by atoms with Crippen LogP contribution in [0.2, 0.25) is 0 Å². The van der Waals surface area contributed by atoms with Crippen molar-refractivity contribution in [2.75, 3.05) is 0 Å². The highest BCUT2D eigenvalue weighted by atomic mass is 32.1. The number of aromatic nitrogens is 2. The molecule has 0 bridgehead atoms. The van der Waals surface area contributed by atoms with Crippen LogP contribution in [-0.2, 0) is 14.3 Å². The number of cyclic esters (lactones) is 1. The number of ketones is 1. The number of carbonyl (C=O) groups excluding carboxylic acids is 2. The Morgan fingerprint density at radius 3 is 2.56 bits per heavy atom. The summed E-state index contributed by atoms with van der Waals surface area (Å²) in [4.78, 5) is 36.0. The number of carbonyl (C=O) groups is 2. The lowest BCUT2D eigenvalue weighted by Crippen LogP contribution is -2.45. The van der Waals surface area contributed by atoms with Gasteiger partial charge >= 0.3 is 5.97 Å². The molecule has 0 spiro atoms. The fourth-order valence-corrected chi connectivity index (χ4v) is 5.53. The monoisotopic (exact) mass is 556 g/mol. The number of allylic oxidation sites excluding steroid dienone is 3. The Bertz CT molecular complexity index is 1240. The molecule has 5 atom stereocenters. The van der Waals surface area contributed by atoms with Crippen molar-refractivity contribution >= 4 is 29.2 Å². The van der Waals surface area contributed by atoms with Gasteiger partial charge in [-0.15, -0.1) is 11.3 Å². The molecule has 39 heavy (non-hydrogen) atoms. The van der Waals surface area contributed by atoms with Gasteiger partial charge in [-0.3, -0.25) is 9.59 Å². The number of hydrogen-bond acceptors (Lipinski definition) is 9. The van der Waals surface area contributed by atoms with E-state index in [1.54, 1.807) is 27.0 Å². The minimum atomic E-state index is -1.27. The molecule has 8 nitrogen and oxygen atoms in total. The number of aliphatic hydroxyl groups excluding tert-OH is 2. The van der Waals surface area contributed by atoms with E-state index in [4.69, 9.17) is 9.15 Å². The second-order valence-electron chi connectivity index (χ2n) is 11.1. The summed E-state index contributed by atoms with van der Waals surface area (Å²) in [6.45, 7) is 12.5. The summed E-state index contributed by atoms with van der Waals surface area (Å²) in [7, 11) is 0. The van der Waals surface area contributed by atoms with Gasteiger partial charge in [0, 0.05) is 12.3 Å². The summed E-state index contributed by atoms with van der Waals surface area (Å²) in [6.07, 6.45) is 8.70. The second-order valence-corrected chi connectivity index (χ2v) is 12.3. The third kappa shape index (κ3) is 7.62. The van der Waals surface area contributed by atoms with Crippen molar-refractivity contribution in [2.24, 2.45) is 17.3 Å². The van der Waals surface area contributed by atoms with E-state index in [1.807, 2.05) is 52.0 Å². The van der Waals surface area contributed by atoms with Crippen LogP contribution in [0.25, 0.3) is 16.6 Å². The number of aryl methyl sites for hydroxylation is 1. The summed E-state index contributed by atoms with van der Waals surface area (Å²) < 4.78 is 11.0. The third-order valence-corrected chi connectivity index (χ3v) is 8.46. The minimum absolute atomic E-state index is 0.155. The molecule has 3 heterocycles. The van der Waals surface area contributed by atoms with Crippen molar-refractivity contribution in [2.45, 2.75) is 86.0 Å². The first kappa shape index (κ1) is 30.7. The molecular formula is C30H40N2O6S. The number of nitrogens with zero attached hydrogens (tertiary/aromatic N) is 2. The SMILES string of the molecule is CC1=C/C[C@@H](/C(C)=C/c2nc(C)sc2-c2cocn2)OC(=O)C[C@H](O)C(C)(C)C(=O)[C@H](C)[C@@H](O)[C@@H](C)C\C=C\1. The van der Waals surface area contributed by atoms with Crippen molar-refractivity contribution in [3.63, 3.8) is 0 Å². The quantitative estimate of drug-likeness (QED) is 0.462. The molecule has 0 fully saturated rings. The van der Waals surface area contributed by atoms with Crippen LogP contribution in [0, 0.1) is 24.2 Å². The maximum Gasteiger partial charge on any atom is 0.309 e. The number of Topliss-reactive ketones (excluding diaryl/α,β-unsaturated/α-hetero) is 1. The average molecular weight is 557 g/mol. The van der Waals surface area contributed by atoms with Crippen LogP contribution in [0.15, 0.2) is 46.4 Å². The predicted molar refractivity (Wildman–Crippen MR) is 152 cm³/mol. The minimum Gasteiger partial charge on any atom is -0.457 e. The first-order valence-corrected chi connectivity index (χ1v) is 14.1. The van der Waals surface area contributed by atoms with Crippen molar-refractivity contribution in [1.82, 2.24) is 9.97 Å². The van der Waals surface area contributed by atoms with Gasteiger partial charge in [-0.2, -0.15) is 0 Å². The van der Waals surface area contributed by atoms with Crippen LogP contribution in [0.1, 0.15) is 71.5 Å². The van der Waals surface area contributed by atoms with E-state index in [0.29, 0.717) is 24.2 Å². The molecule has 0 radical (unpaired) electrons. The lowest BCUT2D eigenvalue weighted by Gasteiger charge is -2.34. The van der Waals surface area contributed by atoms with Gasteiger partial charge in [0.05, 0.1) is 39.6 Å². The average Bonchev–Trinajstić information content (AvgIpc) is 3.53. The third-order valence-electron chi connectivity index (χ3n) is 7.45. The van der Waals surface area contributed by atoms with Crippen molar-refractivity contribution < 1.29 is 29.0 Å². The first-order chi connectivity index (χ1) is 18.3. The fraction of sp³-hybridized carbons (Fsp3) is 0.533. The highest BCUT2D eigenvalue weighted by molar-refractivity contribution is 7.15. The van der Waals surface area contributed by atoms with E-state index in [9.17, 15) is 19.8 Å². The van der Waals surface area contributed by atoms with E-state index in [1.165, 1.54) is 17.7 Å². The highest BCUT2D eigenvalue weighted by Crippen LogP contribution is 2.33. The highest BCUT2D eigenvalue weighted by Gasteiger charge is 2.42. The Kier molecular flexibility index (Phi) is 10.2. The molecule has 0 saturated carbocycles. The molecule has 9 heteroatoms. The zero-order chi connectivity index (χ0) is 28.9. The van der Waals surface area contributed by atoms with E-state index >= 15 is 0 Å². The first-order valence-electron chi connectivity index (χ1n) is 13.3. The summed E-state index contributed by atoms with van der Waals surface area (Å²) in [5.41, 5.74) is 1.91. The molecule has 212 valence electrons. The van der Waals surface area contributed by atoms with Crippen LogP contribution < -0.4 is 0 Å². The molecule has 2 N–H and O–H groups in total. The number of hydrogen-bond donors (Lipinski definition) is 2. The normalized spacial score (nSPS) is 29.9. The lowest BCUT2D eigenvalue weighted by molar-refractivity contribution is -0.154. The number of esters is 1. The van der Waals surface area contributed by atoms with Gasteiger partial charge < -0.3 is 19.4 Å². The molecule has 0 aromatic carbocycles. The molecule has 1 aliphatic rings. The number of aliphatic hydroxyl groups is 2. The Labute approximate surface area is 234 Å². The molecule has 0 saturated heterocycles. The van der Waals surface area contributed by atoms with Gasteiger partial charge in [-0.25, -0.2) is 9.97 Å². The predicted octanol–water partition coefficient (Wildman–Crippen LogP) is 5.70. The van der Waals surface area contributed by atoms with Crippen molar-refractivity contribution in [3.05, 3.63) is 52.7 Å². The van der Waals surface area contributed by atoms with Crippen LogP contribution in [0.4, 0.5) is 0 Å². The number of ether oxygens (including phenoxy) is 1. The lowest BCUT2D eigenvalue weighted by atomic mass is 9.73. The standard InChI is InChI=1S/C30H40N2O6S/c1-17-9-8-10-18(2)27(35)20(4)29(36)30(6,7)25(33)14-26(34)38-24(12-11-17)19(3)13-22-28(39-21(5)32-22)23-15-37-16-31-23/h8-9,11,13,15-16,18,20,24-25,27,33,35H,10,12,14H2,1-7H3/b9-8+,17-11-,19-13+/t18-,20+,24-,25-,27-/m0/s1. The topological polar surface area (TPSA) is 123 Å². The maximum atomic E-state index is 13.3. The Balaban J connectivity index is 1.95. The molecule has 0 amide bonds. The van der Waals surface area contributed by atoms with E-state index < -0.39 is 35.6 Å². The molecule has 1 aliphatic heterocycles. The number of rotatable bonds is 3. The van der Waals surface area contributed by atoms with E-state index in [2.05, 4.69) is 9.97 Å². The fourth-order valence-electron chi connectivity index (χ4n) is 4.67. The molecule has 0 unspecified atom stereocenters. The Morgan fingerprint density at radius 1 is 1.18 bits per heavy atom. The van der Waals surface area contributed by atoms with Crippen LogP contribution in [0.3, 0.4) is 0 Å². The summed E-state index contributed by atoms with van der Waals surface area (Å²) >= 11 is 1.50.